The Kier molecular flexibility index (Phi) is 3.74. The van der Waals surface area contributed by atoms with Crippen molar-refractivity contribution in [3.8, 4) is 17.6 Å². The highest BCUT2D eigenvalue weighted by Gasteiger charge is 2.24. The molecular weight excluding hydrogens is 230 g/mol. The van der Waals surface area contributed by atoms with E-state index in [4.69, 9.17) is 14.7 Å². The van der Waals surface area contributed by atoms with E-state index in [1.165, 1.54) is 26.4 Å². The number of benzene rings is 1. The second-order valence-electron chi connectivity index (χ2n) is 2.91. The molecule has 0 atom stereocenters. The molecule has 0 bridgehead atoms. The maximum absolute atomic E-state index is 11.8. The summed E-state index contributed by atoms with van der Waals surface area (Å²) in [6.07, 6.45) is 0. The largest absolute Gasteiger partial charge is 0.495 e. The second kappa shape index (κ2) is 4.86. The van der Waals surface area contributed by atoms with Gasteiger partial charge >= 0.3 is 0 Å². The van der Waals surface area contributed by atoms with Gasteiger partial charge in [0, 0.05) is 0 Å². The van der Waals surface area contributed by atoms with Crippen LogP contribution in [0.3, 0.4) is 0 Å². The van der Waals surface area contributed by atoms with Crippen LogP contribution in [0.5, 0.6) is 11.5 Å². The van der Waals surface area contributed by atoms with E-state index in [9.17, 15) is 8.42 Å². The van der Waals surface area contributed by atoms with Gasteiger partial charge < -0.3 is 9.47 Å². The van der Waals surface area contributed by atoms with Gasteiger partial charge in [-0.15, -0.1) is 0 Å². The molecule has 0 amide bonds. The number of nitriles is 1. The minimum Gasteiger partial charge on any atom is -0.495 e. The molecule has 0 aliphatic carbocycles. The molecule has 1 aromatic rings. The molecule has 16 heavy (non-hydrogen) atoms. The normalized spacial score (nSPS) is 10.6. The Morgan fingerprint density at radius 3 is 2.12 bits per heavy atom. The van der Waals surface area contributed by atoms with Crippen molar-refractivity contribution in [3.63, 3.8) is 0 Å². The van der Waals surface area contributed by atoms with Crippen LogP contribution in [0, 0.1) is 11.3 Å². The van der Waals surface area contributed by atoms with Crippen molar-refractivity contribution in [3.05, 3.63) is 18.2 Å². The Morgan fingerprint density at radius 1 is 1.25 bits per heavy atom. The van der Waals surface area contributed by atoms with Gasteiger partial charge in [-0.1, -0.05) is 6.07 Å². The van der Waals surface area contributed by atoms with Crippen LogP contribution < -0.4 is 9.47 Å². The van der Waals surface area contributed by atoms with Crippen molar-refractivity contribution < 1.29 is 17.9 Å². The first-order valence-electron chi connectivity index (χ1n) is 4.37. The van der Waals surface area contributed by atoms with Gasteiger partial charge in [0.1, 0.15) is 17.3 Å². The molecule has 1 aromatic carbocycles. The smallest absolute Gasteiger partial charge is 0.199 e. The number of nitrogens with zero attached hydrogens (tertiary/aromatic N) is 1. The molecule has 0 radical (unpaired) electrons. The highest BCUT2D eigenvalue weighted by atomic mass is 32.2. The lowest BCUT2D eigenvalue weighted by atomic mass is 10.3. The van der Waals surface area contributed by atoms with Crippen LogP contribution in [-0.4, -0.2) is 28.4 Å². The van der Waals surface area contributed by atoms with E-state index >= 15 is 0 Å². The third-order valence-electron chi connectivity index (χ3n) is 1.95. The Hall–Kier alpha value is -1.74. The van der Waals surface area contributed by atoms with E-state index in [-0.39, 0.29) is 16.4 Å². The van der Waals surface area contributed by atoms with Crippen molar-refractivity contribution in [1.82, 2.24) is 0 Å². The van der Waals surface area contributed by atoms with E-state index in [0.717, 1.165) is 0 Å². The summed E-state index contributed by atoms with van der Waals surface area (Å²) >= 11 is 0. The molecule has 0 saturated heterocycles. The summed E-state index contributed by atoms with van der Waals surface area (Å²) in [5.74, 6) is -0.256. The van der Waals surface area contributed by atoms with E-state index in [1.54, 1.807) is 12.1 Å². The first-order valence-corrected chi connectivity index (χ1v) is 6.02. The average molecular weight is 241 g/mol. The number of methoxy groups -OCH3 is 2. The van der Waals surface area contributed by atoms with Crippen LogP contribution in [0.4, 0.5) is 0 Å². The van der Waals surface area contributed by atoms with E-state index in [0.29, 0.717) is 0 Å². The molecule has 0 saturated carbocycles. The van der Waals surface area contributed by atoms with Gasteiger partial charge in [0.05, 0.1) is 20.3 Å². The summed E-state index contributed by atoms with van der Waals surface area (Å²) < 4.78 is 33.5. The molecule has 0 aliphatic rings. The predicted molar refractivity (Wildman–Crippen MR) is 57.2 cm³/mol. The summed E-state index contributed by atoms with van der Waals surface area (Å²) in [5.41, 5.74) is 0. The minimum atomic E-state index is -3.71. The zero-order chi connectivity index (χ0) is 12.2. The standard InChI is InChI=1S/C10H11NO4S/c1-14-8-4-3-5-9(15-2)10(8)16(12,13)7-6-11/h3-5H,7H2,1-2H3. The summed E-state index contributed by atoms with van der Waals surface area (Å²) in [6, 6.07) is 6.24. The molecular formula is C10H11NO4S. The number of hydrogen-bond donors (Lipinski definition) is 0. The molecule has 1 rings (SSSR count). The number of rotatable bonds is 4. The van der Waals surface area contributed by atoms with Crippen molar-refractivity contribution in [2.75, 3.05) is 20.0 Å². The molecule has 0 unspecified atom stereocenters. The first kappa shape index (κ1) is 12.3. The van der Waals surface area contributed by atoms with E-state index in [1.807, 2.05) is 0 Å². The van der Waals surface area contributed by atoms with Gasteiger partial charge in [-0.3, -0.25) is 0 Å². The maximum atomic E-state index is 11.8. The van der Waals surface area contributed by atoms with Crippen LogP contribution >= 0.6 is 0 Å². The monoisotopic (exact) mass is 241 g/mol. The average Bonchev–Trinajstić information content (AvgIpc) is 2.27. The summed E-state index contributed by atoms with van der Waals surface area (Å²) in [7, 11) is -0.984. The quantitative estimate of drug-likeness (QED) is 0.786. The van der Waals surface area contributed by atoms with Crippen LogP contribution in [0.2, 0.25) is 0 Å². The van der Waals surface area contributed by atoms with Crippen LogP contribution in [0.15, 0.2) is 23.1 Å². The Labute approximate surface area is 94.1 Å². The van der Waals surface area contributed by atoms with Gasteiger partial charge in [0.2, 0.25) is 0 Å². The lowest BCUT2D eigenvalue weighted by Gasteiger charge is -2.11. The minimum absolute atomic E-state index is 0.0819. The van der Waals surface area contributed by atoms with Crippen molar-refractivity contribution in [1.29, 1.82) is 5.26 Å². The SMILES string of the molecule is COc1cccc(OC)c1S(=O)(=O)CC#N. The molecule has 86 valence electrons. The summed E-state index contributed by atoms with van der Waals surface area (Å²) in [6.45, 7) is 0. The van der Waals surface area contributed by atoms with Crippen molar-refractivity contribution >= 4 is 9.84 Å². The maximum Gasteiger partial charge on any atom is 0.199 e. The van der Waals surface area contributed by atoms with E-state index in [2.05, 4.69) is 0 Å². The fourth-order valence-corrected chi connectivity index (χ4v) is 2.51. The van der Waals surface area contributed by atoms with Gasteiger partial charge in [0.15, 0.2) is 14.7 Å². The third-order valence-corrected chi connectivity index (χ3v) is 3.48. The van der Waals surface area contributed by atoms with E-state index < -0.39 is 15.6 Å². The summed E-state index contributed by atoms with van der Waals surface area (Å²) in [5, 5.41) is 8.48. The van der Waals surface area contributed by atoms with Crippen molar-refractivity contribution in [2.24, 2.45) is 0 Å². The Morgan fingerprint density at radius 2 is 1.75 bits per heavy atom. The predicted octanol–water partition coefficient (Wildman–Crippen LogP) is 1.00. The fraction of sp³-hybridized carbons (Fsp3) is 0.300. The highest BCUT2D eigenvalue weighted by molar-refractivity contribution is 7.91. The molecule has 6 heteroatoms. The van der Waals surface area contributed by atoms with Crippen molar-refractivity contribution in [2.45, 2.75) is 4.90 Å². The third kappa shape index (κ3) is 2.25. The number of hydrogen-bond acceptors (Lipinski definition) is 5. The topological polar surface area (TPSA) is 76.4 Å². The lowest BCUT2D eigenvalue weighted by molar-refractivity contribution is 0.373. The Bertz CT molecular complexity index is 494. The van der Waals surface area contributed by atoms with Crippen LogP contribution in [0.1, 0.15) is 0 Å². The zero-order valence-corrected chi connectivity index (χ0v) is 9.74. The summed E-state index contributed by atoms with van der Waals surface area (Å²) in [4.78, 5) is -0.0819. The molecule has 0 fully saturated rings. The second-order valence-corrected chi connectivity index (χ2v) is 4.84. The molecule has 0 aromatic heterocycles. The zero-order valence-electron chi connectivity index (χ0n) is 8.93. The Balaban J connectivity index is 3.47. The molecule has 0 heterocycles. The lowest BCUT2D eigenvalue weighted by Crippen LogP contribution is -2.08. The molecule has 0 spiro atoms. The first-order chi connectivity index (χ1) is 7.56. The van der Waals surface area contributed by atoms with Crippen LogP contribution in [0.25, 0.3) is 0 Å². The van der Waals surface area contributed by atoms with Gasteiger partial charge in [-0.25, -0.2) is 8.42 Å². The molecule has 5 nitrogen and oxygen atoms in total. The van der Waals surface area contributed by atoms with Gasteiger partial charge in [-0.05, 0) is 12.1 Å². The van der Waals surface area contributed by atoms with Crippen LogP contribution in [-0.2, 0) is 9.84 Å². The van der Waals surface area contributed by atoms with Gasteiger partial charge in [-0.2, -0.15) is 5.26 Å². The fourth-order valence-electron chi connectivity index (χ4n) is 1.28. The molecule has 0 aliphatic heterocycles. The molecule has 0 N–H and O–H groups in total. The highest BCUT2D eigenvalue weighted by Crippen LogP contribution is 2.33. The number of sulfone groups is 1. The van der Waals surface area contributed by atoms with Gasteiger partial charge in [0.25, 0.3) is 0 Å². The number of ether oxygens (including phenoxy) is 2.